The fourth-order valence-electron chi connectivity index (χ4n) is 5.81. The van der Waals surface area contributed by atoms with E-state index in [0.717, 1.165) is 75.1 Å². The summed E-state index contributed by atoms with van der Waals surface area (Å²) in [5.74, 6) is 0. The van der Waals surface area contributed by atoms with Gasteiger partial charge in [0.15, 0.2) is 0 Å². The number of hydrogen-bond acceptors (Lipinski definition) is 7. The van der Waals surface area contributed by atoms with E-state index in [2.05, 4.69) is 32.4 Å². The van der Waals surface area contributed by atoms with Crippen LogP contribution in [0.3, 0.4) is 0 Å². The molecule has 0 atom stereocenters. The van der Waals surface area contributed by atoms with Gasteiger partial charge in [0.1, 0.15) is 5.60 Å². The number of ether oxygens (including phenoxy) is 1. The minimum Gasteiger partial charge on any atom is -0.444 e. The minimum absolute atomic E-state index is 0.230. The Balaban J connectivity index is 1.20. The Morgan fingerprint density at radius 2 is 1.59 bits per heavy atom. The number of rotatable bonds is 14. The van der Waals surface area contributed by atoms with Gasteiger partial charge in [-0.1, -0.05) is 62.4 Å². The Morgan fingerprint density at radius 1 is 0.886 bits per heavy atom. The Hall–Kier alpha value is -2.82. The van der Waals surface area contributed by atoms with Crippen molar-refractivity contribution in [1.82, 2.24) is 14.5 Å². The van der Waals surface area contributed by atoms with Crippen LogP contribution >= 0.6 is 0 Å². The molecule has 9 nitrogen and oxygen atoms in total. The van der Waals surface area contributed by atoms with Gasteiger partial charge in [0.05, 0.1) is 16.3 Å². The molecule has 0 radical (unpaired) electrons. The van der Waals surface area contributed by atoms with E-state index in [1.54, 1.807) is 17.0 Å². The second-order valence-electron chi connectivity index (χ2n) is 13.1. The number of unbranched alkanes of at least 4 members (excludes halogenated alkanes) is 3. The van der Waals surface area contributed by atoms with Crippen LogP contribution < -0.4 is 15.4 Å². The molecule has 1 aliphatic carbocycles. The lowest BCUT2D eigenvalue weighted by Gasteiger charge is -2.35. The molecule has 2 fully saturated rings. The van der Waals surface area contributed by atoms with Crippen LogP contribution in [0, 0.1) is 0 Å². The van der Waals surface area contributed by atoms with E-state index in [1.807, 2.05) is 45.0 Å². The van der Waals surface area contributed by atoms with Crippen molar-refractivity contribution < 1.29 is 17.9 Å². The zero-order valence-corrected chi connectivity index (χ0v) is 27.8. The van der Waals surface area contributed by atoms with Gasteiger partial charge < -0.3 is 20.3 Å². The fourth-order valence-corrected chi connectivity index (χ4v) is 6.91. The van der Waals surface area contributed by atoms with Crippen LogP contribution in [0.5, 0.6) is 0 Å². The molecule has 1 saturated heterocycles. The summed E-state index contributed by atoms with van der Waals surface area (Å²) in [6, 6.07) is 16.0. The highest BCUT2D eigenvalue weighted by atomic mass is 32.2. The highest BCUT2D eigenvalue weighted by Gasteiger charge is 2.25. The summed E-state index contributed by atoms with van der Waals surface area (Å²) in [5.41, 5.74) is 2.44. The van der Waals surface area contributed by atoms with Crippen molar-refractivity contribution in [1.29, 1.82) is 0 Å². The Bertz CT molecular complexity index is 1270. The molecule has 1 saturated carbocycles. The Kier molecular flexibility index (Phi) is 12.8. The molecule has 3 N–H and O–H groups in total. The summed E-state index contributed by atoms with van der Waals surface area (Å²) in [7, 11) is -3.62. The number of nitrogens with one attached hydrogen (secondary N) is 3. The maximum Gasteiger partial charge on any atom is 0.410 e. The third-order valence-electron chi connectivity index (χ3n) is 8.31. The van der Waals surface area contributed by atoms with Crippen molar-refractivity contribution in [2.75, 3.05) is 49.9 Å². The second-order valence-corrected chi connectivity index (χ2v) is 14.9. The molecule has 0 bridgehead atoms. The molecule has 4 rings (SSSR count). The summed E-state index contributed by atoms with van der Waals surface area (Å²) < 4.78 is 34.7. The van der Waals surface area contributed by atoms with Gasteiger partial charge in [-0.25, -0.2) is 17.9 Å². The maximum absolute atomic E-state index is 13.2. The van der Waals surface area contributed by atoms with Crippen LogP contribution in [-0.2, 0) is 21.3 Å². The number of hydrogen-bond donors (Lipinski definition) is 3. The van der Waals surface area contributed by atoms with Crippen LogP contribution in [0.25, 0.3) is 0 Å². The SMILES string of the molecule is CC(C)(C)OC(=O)N1CCN(CCCCCCNS(=O)(=O)c2ccc(NC3CCCCC3)c(NCc3ccccc3)c2)CC1. The van der Waals surface area contributed by atoms with Gasteiger partial charge in [0.2, 0.25) is 10.0 Å². The summed E-state index contributed by atoms with van der Waals surface area (Å²) in [4.78, 5) is 16.7. The number of carbonyl (C=O) groups excluding carboxylic acids is 1. The summed E-state index contributed by atoms with van der Waals surface area (Å²) in [6.45, 7) is 10.8. The molecule has 1 aliphatic heterocycles. The molecule has 44 heavy (non-hydrogen) atoms. The van der Waals surface area contributed by atoms with Crippen molar-refractivity contribution in [3.63, 3.8) is 0 Å². The predicted octanol–water partition coefficient (Wildman–Crippen LogP) is 6.43. The molecule has 2 aromatic rings. The topological polar surface area (TPSA) is 103 Å². The number of benzene rings is 2. The number of amides is 1. The molecule has 244 valence electrons. The van der Waals surface area contributed by atoms with Gasteiger partial charge in [-0.15, -0.1) is 0 Å². The van der Waals surface area contributed by atoms with E-state index in [4.69, 9.17) is 4.74 Å². The number of nitrogens with zero attached hydrogens (tertiary/aromatic N) is 2. The molecular formula is C34H53N5O4S. The van der Waals surface area contributed by atoms with Crippen LogP contribution in [0.15, 0.2) is 53.4 Å². The van der Waals surface area contributed by atoms with Crippen molar-refractivity contribution in [2.45, 2.75) is 102 Å². The third-order valence-corrected chi connectivity index (χ3v) is 9.77. The lowest BCUT2D eigenvalue weighted by molar-refractivity contribution is 0.0144. The molecule has 2 aromatic carbocycles. The molecular weight excluding hydrogens is 574 g/mol. The van der Waals surface area contributed by atoms with E-state index in [0.29, 0.717) is 32.2 Å². The smallest absolute Gasteiger partial charge is 0.410 e. The van der Waals surface area contributed by atoms with Crippen LogP contribution in [0.1, 0.15) is 84.1 Å². The number of carbonyl (C=O) groups is 1. The summed E-state index contributed by atoms with van der Waals surface area (Å²) in [6.07, 6.45) is 9.67. The number of piperazine rings is 1. The normalized spacial score (nSPS) is 16.9. The molecule has 0 spiro atoms. The van der Waals surface area contributed by atoms with Crippen molar-refractivity contribution >= 4 is 27.5 Å². The summed E-state index contributed by atoms with van der Waals surface area (Å²) in [5, 5.41) is 7.15. The van der Waals surface area contributed by atoms with Crippen LogP contribution in [0.4, 0.5) is 16.2 Å². The molecule has 0 aromatic heterocycles. The van der Waals surface area contributed by atoms with E-state index in [9.17, 15) is 13.2 Å². The highest BCUT2D eigenvalue weighted by Crippen LogP contribution is 2.30. The van der Waals surface area contributed by atoms with E-state index < -0.39 is 15.6 Å². The molecule has 0 unspecified atom stereocenters. The standard InChI is InChI=1S/C34H53N5O4S/c1-34(2,3)43-33(40)39-24-22-38(23-25-39)21-13-5-4-12-20-36-44(41,42)30-18-19-31(37-29-16-10-7-11-17-29)32(26-30)35-27-28-14-8-6-9-15-28/h6,8-9,14-15,18-19,26,29,35-37H,4-5,7,10-13,16-17,20-25,27H2,1-3H3. The monoisotopic (exact) mass is 627 g/mol. The largest absolute Gasteiger partial charge is 0.444 e. The first-order valence-corrected chi connectivity index (χ1v) is 18.0. The second kappa shape index (κ2) is 16.5. The molecule has 2 aliphatic rings. The summed E-state index contributed by atoms with van der Waals surface area (Å²) >= 11 is 0. The first-order valence-electron chi connectivity index (χ1n) is 16.5. The lowest BCUT2D eigenvalue weighted by atomic mass is 9.95. The van der Waals surface area contributed by atoms with Crippen molar-refractivity contribution in [3.05, 3.63) is 54.1 Å². The van der Waals surface area contributed by atoms with Crippen LogP contribution in [0.2, 0.25) is 0 Å². The zero-order valence-electron chi connectivity index (χ0n) is 26.9. The van der Waals surface area contributed by atoms with Gasteiger partial charge in [0, 0.05) is 45.3 Å². The van der Waals surface area contributed by atoms with E-state index in [-0.39, 0.29) is 11.0 Å². The molecule has 1 amide bonds. The third kappa shape index (κ3) is 11.3. The van der Waals surface area contributed by atoms with Crippen molar-refractivity contribution in [3.8, 4) is 0 Å². The highest BCUT2D eigenvalue weighted by molar-refractivity contribution is 7.89. The van der Waals surface area contributed by atoms with Gasteiger partial charge in [0.25, 0.3) is 0 Å². The van der Waals surface area contributed by atoms with Gasteiger partial charge in [-0.2, -0.15) is 0 Å². The van der Waals surface area contributed by atoms with Crippen molar-refractivity contribution in [2.24, 2.45) is 0 Å². The average molecular weight is 628 g/mol. The maximum atomic E-state index is 13.2. The fraction of sp³-hybridized carbons (Fsp3) is 0.618. The lowest BCUT2D eigenvalue weighted by Crippen LogP contribution is -2.50. The van der Waals surface area contributed by atoms with Gasteiger partial charge >= 0.3 is 6.09 Å². The minimum atomic E-state index is -3.62. The van der Waals surface area contributed by atoms with E-state index in [1.165, 1.54) is 19.3 Å². The van der Waals surface area contributed by atoms with E-state index >= 15 is 0 Å². The number of sulfonamides is 1. The van der Waals surface area contributed by atoms with Gasteiger partial charge in [-0.05, 0) is 76.8 Å². The molecule has 1 heterocycles. The first-order chi connectivity index (χ1) is 21.1. The zero-order chi connectivity index (χ0) is 31.4. The van der Waals surface area contributed by atoms with Gasteiger partial charge in [-0.3, -0.25) is 4.90 Å². The first kappa shape index (κ1) is 34.1. The Morgan fingerprint density at radius 3 is 2.30 bits per heavy atom. The Labute approximate surface area is 265 Å². The average Bonchev–Trinajstić information content (AvgIpc) is 3.00. The predicted molar refractivity (Wildman–Crippen MR) is 179 cm³/mol. The number of anilines is 2. The molecule has 10 heteroatoms. The quantitative estimate of drug-likeness (QED) is 0.207. The van der Waals surface area contributed by atoms with Crippen LogP contribution in [-0.4, -0.2) is 75.2 Å².